The predicted octanol–water partition coefficient (Wildman–Crippen LogP) is 11.3. The molecule has 10 rings (SSSR count). The van der Waals surface area contributed by atoms with Crippen LogP contribution in [0.3, 0.4) is 0 Å². The fraction of sp³-hybridized carbons (Fsp3) is 0. The minimum absolute atomic E-state index is 0.536. The van der Waals surface area contributed by atoms with Gasteiger partial charge < -0.3 is 4.42 Å². The van der Waals surface area contributed by atoms with Crippen LogP contribution in [0.2, 0.25) is 0 Å². The van der Waals surface area contributed by atoms with Gasteiger partial charge in [0.2, 0.25) is 0 Å². The molecule has 0 saturated heterocycles. The van der Waals surface area contributed by atoms with Crippen LogP contribution in [0.15, 0.2) is 162 Å². The molecular formula is C44H26N4O. The molecule has 0 unspecified atom stereocenters. The summed E-state index contributed by atoms with van der Waals surface area (Å²) in [5.74, 6) is 1.73. The summed E-state index contributed by atoms with van der Waals surface area (Å²) in [5, 5.41) is 8.72. The Kier molecular flexibility index (Phi) is 6.11. The van der Waals surface area contributed by atoms with Crippen LogP contribution >= 0.6 is 0 Å². The average Bonchev–Trinajstić information content (AvgIpc) is 3.55. The van der Waals surface area contributed by atoms with Crippen LogP contribution in [0.4, 0.5) is 0 Å². The number of rotatable bonds is 4. The first-order chi connectivity index (χ1) is 24.3. The number of nitrogens with zero attached hydrogens (tertiary/aromatic N) is 4. The molecule has 228 valence electrons. The molecule has 0 radical (unpaired) electrons. The van der Waals surface area contributed by atoms with Gasteiger partial charge in [-0.25, -0.2) is 15.0 Å². The summed E-state index contributed by atoms with van der Waals surface area (Å²) in [6, 6.07) is 52.0. The zero-order valence-corrected chi connectivity index (χ0v) is 26.2. The van der Waals surface area contributed by atoms with Gasteiger partial charge in [-0.1, -0.05) is 133 Å². The van der Waals surface area contributed by atoms with Gasteiger partial charge in [0.1, 0.15) is 11.3 Å². The van der Waals surface area contributed by atoms with E-state index in [-0.39, 0.29) is 0 Å². The van der Waals surface area contributed by atoms with Crippen molar-refractivity contribution in [1.29, 1.82) is 0 Å². The normalized spacial score (nSPS) is 11.7. The van der Waals surface area contributed by atoms with Crippen LogP contribution in [0.1, 0.15) is 0 Å². The zero-order chi connectivity index (χ0) is 32.3. The molecule has 3 aromatic heterocycles. The third-order valence-corrected chi connectivity index (χ3v) is 9.33. The van der Waals surface area contributed by atoms with Gasteiger partial charge in [0, 0.05) is 39.2 Å². The van der Waals surface area contributed by atoms with Crippen LogP contribution in [-0.4, -0.2) is 19.9 Å². The largest absolute Gasteiger partial charge is 0.454 e. The lowest BCUT2D eigenvalue weighted by Crippen LogP contribution is -2.01. The van der Waals surface area contributed by atoms with E-state index in [4.69, 9.17) is 24.4 Å². The highest BCUT2D eigenvalue weighted by atomic mass is 16.3. The smallest absolute Gasteiger partial charge is 0.166 e. The molecule has 5 nitrogen and oxygen atoms in total. The van der Waals surface area contributed by atoms with Crippen molar-refractivity contribution in [1.82, 2.24) is 19.9 Å². The second-order valence-corrected chi connectivity index (χ2v) is 12.3. The highest BCUT2D eigenvalue weighted by Crippen LogP contribution is 2.42. The first-order valence-corrected chi connectivity index (χ1v) is 16.3. The van der Waals surface area contributed by atoms with Crippen molar-refractivity contribution >= 4 is 54.3 Å². The summed E-state index contributed by atoms with van der Waals surface area (Å²) in [6.07, 6.45) is 1.89. The van der Waals surface area contributed by atoms with E-state index < -0.39 is 0 Å². The van der Waals surface area contributed by atoms with Crippen LogP contribution in [0.5, 0.6) is 0 Å². The molecule has 0 bridgehead atoms. The van der Waals surface area contributed by atoms with E-state index in [9.17, 15) is 0 Å². The van der Waals surface area contributed by atoms with E-state index in [1.54, 1.807) is 0 Å². The number of fused-ring (bicyclic) bond motifs is 7. The van der Waals surface area contributed by atoms with E-state index in [2.05, 4.69) is 97.1 Å². The molecule has 0 amide bonds. The first-order valence-electron chi connectivity index (χ1n) is 16.3. The van der Waals surface area contributed by atoms with Crippen LogP contribution < -0.4 is 0 Å². The number of hydrogen-bond donors (Lipinski definition) is 0. The third-order valence-electron chi connectivity index (χ3n) is 9.33. The van der Waals surface area contributed by atoms with Crippen molar-refractivity contribution < 1.29 is 4.42 Å². The van der Waals surface area contributed by atoms with Crippen molar-refractivity contribution in [3.63, 3.8) is 0 Å². The van der Waals surface area contributed by atoms with Gasteiger partial charge in [-0.05, 0) is 50.5 Å². The molecule has 7 aromatic carbocycles. The monoisotopic (exact) mass is 626 g/mol. The Morgan fingerprint density at radius 1 is 0.408 bits per heavy atom. The van der Waals surface area contributed by atoms with E-state index >= 15 is 0 Å². The lowest BCUT2D eigenvalue weighted by Gasteiger charge is -2.13. The number of aromatic nitrogens is 4. The van der Waals surface area contributed by atoms with Gasteiger partial charge >= 0.3 is 0 Å². The number of benzene rings is 7. The summed E-state index contributed by atoms with van der Waals surface area (Å²) in [7, 11) is 0. The summed E-state index contributed by atoms with van der Waals surface area (Å²) in [6.45, 7) is 0. The maximum absolute atomic E-state index is 6.71. The van der Waals surface area contributed by atoms with Crippen molar-refractivity contribution in [2.75, 3.05) is 0 Å². The van der Waals surface area contributed by atoms with Gasteiger partial charge in [-0.3, -0.25) is 4.98 Å². The number of hydrogen-bond acceptors (Lipinski definition) is 5. The molecular weight excluding hydrogens is 601 g/mol. The molecule has 10 aromatic rings. The Labute approximate surface area is 281 Å². The second kappa shape index (κ2) is 10.9. The highest BCUT2D eigenvalue weighted by molar-refractivity contribution is 6.18. The quantitative estimate of drug-likeness (QED) is 0.182. The molecule has 5 heteroatoms. The van der Waals surface area contributed by atoms with E-state index in [1.807, 2.05) is 60.8 Å². The standard InChI is InChI=1S/C44H26N4O/c1-3-13-27(14-4-1)40-41-39(36-23-29-17-7-8-18-30(29)25-38(36)49-41)37(26-45-40)44-47-42(28-15-5-2-6-16-28)46-43(48-44)35-24-31-19-9-10-20-32(31)33-21-11-12-22-34(33)35/h1-26H. The Bertz CT molecular complexity index is 2880. The van der Waals surface area contributed by atoms with E-state index in [1.165, 1.54) is 5.39 Å². The fourth-order valence-corrected chi connectivity index (χ4v) is 7.01. The molecule has 0 N–H and O–H groups in total. The molecule has 0 aliphatic rings. The lowest BCUT2D eigenvalue weighted by atomic mass is 9.96. The topological polar surface area (TPSA) is 64.7 Å². The average molecular weight is 627 g/mol. The van der Waals surface area contributed by atoms with Crippen LogP contribution in [-0.2, 0) is 0 Å². The third kappa shape index (κ3) is 4.48. The number of furan rings is 1. The second-order valence-electron chi connectivity index (χ2n) is 12.3. The minimum atomic E-state index is 0.536. The SMILES string of the molecule is c1ccc(-c2nc(-c3cc4ccccc4c4ccccc34)nc(-c3cnc(-c4ccccc4)c4oc5cc6ccccc6cc5c34)n2)cc1. The van der Waals surface area contributed by atoms with Gasteiger partial charge in [-0.2, -0.15) is 0 Å². The molecule has 0 aliphatic carbocycles. The van der Waals surface area contributed by atoms with Crippen molar-refractivity contribution in [2.45, 2.75) is 0 Å². The summed E-state index contributed by atoms with van der Waals surface area (Å²) in [4.78, 5) is 20.5. The van der Waals surface area contributed by atoms with Gasteiger partial charge in [-0.15, -0.1) is 0 Å². The molecule has 0 saturated carbocycles. The summed E-state index contributed by atoms with van der Waals surface area (Å²) >= 11 is 0. The van der Waals surface area contributed by atoms with Gasteiger partial charge in [0.25, 0.3) is 0 Å². The summed E-state index contributed by atoms with van der Waals surface area (Å²) < 4.78 is 6.71. The fourth-order valence-electron chi connectivity index (χ4n) is 7.01. The molecule has 0 atom stereocenters. The molecule has 0 aliphatic heterocycles. The summed E-state index contributed by atoms with van der Waals surface area (Å²) in [5.41, 5.74) is 5.89. The van der Waals surface area contributed by atoms with Gasteiger partial charge in [0.05, 0.1) is 0 Å². The van der Waals surface area contributed by atoms with Gasteiger partial charge in [0.15, 0.2) is 23.1 Å². The minimum Gasteiger partial charge on any atom is -0.454 e. The Hall–Kier alpha value is -6.72. The molecule has 3 heterocycles. The zero-order valence-electron chi connectivity index (χ0n) is 26.2. The first kappa shape index (κ1) is 27.4. The van der Waals surface area contributed by atoms with E-state index in [0.717, 1.165) is 71.2 Å². The predicted molar refractivity (Wildman–Crippen MR) is 199 cm³/mol. The molecule has 49 heavy (non-hydrogen) atoms. The Morgan fingerprint density at radius 3 is 1.73 bits per heavy atom. The van der Waals surface area contributed by atoms with Crippen molar-refractivity contribution in [2.24, 2.45) is 0 Å². The highest BCUT2D eigenvalue weighted by Gasteiger charge is 2.23. The van der Waals surface area contributed by atoms with Crippen LogP contribution in [0.25, 0.3) is 99.7 Å². The van der Waals surface area contributed by atoms with Crippen LogP contribution in [0, 0.1) is 0 Å². The van der Waals surface area contributed by atoms with Crippen molar-refractivity contribution in [3.05, 3.63) is 158 Å². The number of pyridine rings is 1. The molecule has 0 spiro atoms. The lowest BCUT2D eigenvalue weighted by molar-refractivity contribution is 0.669. The van der Waals surface area contributed by atoms with Crippen molar-refractivity contribution in [3.8, 4) is 45.4 Å². The Morgan fingerprint density at radius 2 is 0.980 bits per heavy atom. The van der Waals surface area contributed by atoms with E-state index in [0.29, 0.717) is 23.1 Å². The maximum Gasteiger partial charge on any atom is 0.166 e. The molecule has 0 fully saturated rings. The maximum atomic E-state index is 6.71. The Balaban J connectivity index is 1.31.